The number of aromatic nitrogens is 1. The summed E-state index contributed by atoms with van der Waals surface area (Å²) in [5.41, 5.74) is 2.89. The standard InChI is InChI=1S/C14H19N3O2S/c1-11-4-3-5-12(6-11)8-17-20(18,19)14-7-13(9-15-2)16-10-14/h3-7,10,15-17H,8-9H2,1-2H3. The number of hydrogen-bond acceptors (Lipinski definition) is 3. The first-order valence-electron chi connectivity index (χ1n) is 6.38. The van der Waals surface area contributed by atoms with Crippen molar-refractivity contribution in [3.05, 3.63) is 53.3 Å². The Hall–Kier alpha value is -1.63. The summed E-state index contributed by atoms with van der Waals surface area (Å²) in [6.45, 7) is 2.87. The lowest BCUT2D eigenvalue weighted by molar-refractivity contribution is 0.581. The van der Waals surface area contributed by atoms with Crippen LogP contribution in [0.25, 0.3) is 0 Å². The molecule has 3 N–H and O–H groups in total. The van der Waals surface area contributed by atoms with Crippen molar-refractivity contribution in [3.63, 3.8) is 0 Å². The SMILES string of the molecule is CNCc1cc(S(=O)(=O)NCc2cccc(C)c2)c[nH]1. The zero-order valence-electron chi connectivity index (χ0n) is 11.6. The lowest BCUT2D eigenvalue weighted by Crippen LogP contribution is -2.22. The minimum Gasteiger partial charge on any atom is -0.363 e. The number of benzene rings is 1. The maximum atomic E-state index is 12.2. The Morgan fingerprint density at radius 3 is 2.70 bits per heavy atom. The molecule has 20 heavy (non-hydrogen) atoms. The Morgan fingerprint density at radius 1 is 1.20 bits per heavy atom. The van der Waals surface area contributed by atoms with Gasteiger partial charge in [0.25, 0.3) is 0 Å². The molecule has 0 aliphatic heterocycles. The van der Waals surface area contributed by atoms with Crippen molar-refractivity contribution < 1.29 is 8.42 Å². The zero-order valence-corrected chi connectivity index (χ0v) is 12.4. The molecule has 0 fully saturated rings. The maximum absolute atomic E-state index is 12.2. The van der Waals surface area contributed by atoms with E-state index in [1.54, 1.807) is 6.07 Å². The predicted octanol–water partition coefficient (Wildman–Crippen LogP) is 1.52. The summed E-state index contributed by atoms with van der Waals surface area (Å²) in [4.78, 5) is 3.20. The molecule has 2 rings (SSSR count). The summed E-state index contributed by atoms with van der Waals surface area (Å²) in [5.74, 6) is 0. The van der Waals surface area contributed by atoms with Crippen LogP contribution in [-0.4, -0.2) is 20.4 Å². The number of aromatic amines is 1. The van der Waals surface area contributed by atoms with E-state index in [0.29, 0.717) is 6.54 Å². The fourth-order valence-electron chi connectivity index (χ4n) is 1.95. The van der Waals surface area contributed by atoms with E-state index in [-0.39, 0.29) is 11.4 Å². The van der Waals surface area contributed by atoms with Gasteiger partial charge in [-0.2, -0.15) is 0 Å². The Kier molecular flexibility index (Phi) is 4.59. The minimum absolute atomic E-state index is 0.260. The largest absolute Gasteiger partial charge is 0.363 e. The summed E-state index contributed by atoms with van der Waals surface area (Å²) >= 11 is 0. The molecule has 1 heterocycles. The third-order valence-corrected chi connectivity index (χ3v) is 4.32. The van der Waals surface area contributed by atoms with Crippen LogP contribution >= 0.6 is 0 Å². The Labute approximate surface area is 119 Å². The average molecular weight is 293 g/mol. The Balaban J connectivity index is 2.06. The molecular formula is C14H19N3O2S. The topological polar surface area (TPSA) is 74.0 Å². The number of nitrogens with one attached hydrogen (secondary N) is 3. The summed E-state index contributed by atoms with van der Waals surface area (Å²) in [5, 5.41) is 2.97. The highest BCUT2D eigenvalue weighted by Gasteiger charge is 2.15. The quantitative estimate of drug-likeness (QED) is 0.756. The zero-order chi connectivity index (χ0) is 14.6. The summed E-state index contributed by atoms with van der Waals surface area (Å²) in [6, 6.07) is 9.40. The minimum atomic E-state index is -3.48. The molecule has 0 saturated heterocycles. The molecule has 0 radical (unpaired) electrons. The van der Waals surface area contributed by atoms with Gasteiger partial charge in [0.2, 0.25) is 10.0 Å². The van der Waals surface area contributed by atoms with Gasteiger partial charge in [-0.15, -0.1) is 0 Å². The van der Waals surface area contributed by atoms with E-state index in [1.807, 2.05) is 38.2 Å². The smallest absolute Gasteiger partial charge is 0.242 e. The Morgan fingerprint density at radius 2 is 2.00 bits per heavy atom. The average Bonchev–Trinajstić information content (AvgIpc) is 2.87. The van der Waals surface area contributed by atoms with Crippen molar-refractivity contribution in [3.8, 4) is 0 Å². The van der Waals surface area contributed by atoms with Gasteiger partial charge in [-0.05, 0) is 25.6 Å². The molecule has 1 aromatic heterocycles. The highest BCUT2D eigenvalue weighted by Crippen LogP contribution is 2.12. The van der Waals surface area contributed by atoms with E-state index in [9.17, 15) is 8.42 Å². The van der Waals surface area contributed by atoms with Crippen LogP contribution in [-0.2, 0) is 23.1 Å². The molecule has 0 aliphatic carbocycles. The van der Waals surface area contributed by atoms with Crippen molar-refractivity contribution in [2.75, 3.05) is 7.05 Å². The van der Waals surface area contributed by atoms with Gasteiger partial charge in [0.15, 0.2) is 0 Å². The van der Waals surface area contributed by atoms with Crippen molar-refractivity contribution in [2.24, 2.45) is 0 Å². The molecule has 2 aromatic rings. The molecule has 0 bridgehead atoms. The number of rotatable bonds is 6. The predicted molar refractivity (Wildman–Crippen MR) is 78.8 cm³/mol. The second-order valence-corrected chi connectivity index (χ2v) is 6.47. The van der Waals surface area contributed by atoms with Crippen molar-refractivity contribution in [1.82, 2.24) is 15.0 Å². The fourth-order valence-corrected chi connectivity index (χ4v) is 2.99. The monoisotopic (exact) mass is 293 g/mol. The molecule has 108 valence electrons. The third kappa shape index (κ3) is 3.69. The van der Waals surface area contributed by atoms with Gasteiger partial charge in [0.1, 0.15) is 0 Å². The van der Waals surface area contributed by atoms with Gasteiger partial charge in [-0.3, -0.25) is 0 Å². The van der Waals surface area contributed by atoms with Gasteiger partial charge in [-0.1, -0.05) is 29.8 Å². The van der Waals surface area contributed by atoms with Crippen molar-refractivity contribution in [2.45, 2.75) is 24.9 Å². The number of hydrogen-bond donors (Lipinski definition) is 3. The summed E-state index contributed by atoms with van der Waals surface area (Å²) in [7, 11) is -1.67. The van der Waals surface area contributed by atoms with Crippen molar-refractivity contribution in [1.29, 1.82) is 0 Å². The second-order valence-electron chi connectivity index (χ2n) is 4.70. The third-order valence-electron chi connectivity index (χ3n) is 2.94. The number of aryl methyl sites for hydroxylation is 1. The highest BCUT2D eigenvalue weighted by molar-refractivity contribution is 7.89. The first-order valence-corrected chi connectivity index (χ1v) is 7.87. The molecule has 0 spiro atoms. The van der Waals surface area contributed by atoms with E-state index < -0.39 is 10.0 Å². The van der Waals surface area contributed by atoms with Crippen LogP contribution in [0, 0.1) is 6.92 Å². The summed E-state index contributed by atoms with van der Waals surface area (Å²) < 4.78 is 26.9. The first kappa shape index (κ1) is 14.8. The van der Waals surface area contributed by atoms with Crippen LogP contribution in [0.4, 0.5) is 0 Å². The molecular weight excluding hydrogens is 274 g/mol. The van der Waals surface area contributed by atoms with E-state index in [1.165, 1.54) is 6.20 Å². The highest BCUT2D eigenvalue weighted by atomic mass is 32.2. The van der Waals surface area contributed by atoms with Crippen LogP contribution in [0.3, 0.4) is 0 Å². The van der Waals surface area contributed by atoms with Gasteiger partial charge < -0.3 is 10.3 Å². The van der Waals surface area contributed by atoms with E-state index in [4.69, 9.17) is 0 Å². The molecule has 1 aromatic carbocycles. The number of sulfonamides is 1. The van der Waals surface area contributed by atoms with Gasteiger partial charge >= 0.3 is 0 Å². The normalized spacial score (nSPS) is 11.7. The summed E-state index contributed by atoms with van der Waals surface area (Å²) in [6.07, 6.45) is 1.51. The van der Waals surface area contributed by atoms with E-state index in [2.05, 4.69) is 15.0 Å². The lowest BCUT2D eigenvalue weighted by Gasteiger charge is -2.05. The molecule has 0 aliphatic rings. The molecule has 0 saturated carbocycles. The molecule has 0 atom stereocenters. The van der Waals surface area contributed by atoms with Crippen LogP contribution in [0.5, 0.6) is 0 Å². The van der Waals surface area contributed by atoms with E-state index in [0.717, 1.165) is 16.8 Å². The van der Waals surface area contributed by atoms with Crippen molar-refractivity contribution >= 4 is 10.0 Å². The first-order chi connectivity index (χ1) is 9.51. The lowest BCUT2D eigenvalue weighted by atomic mass is 10.1. The molecule has 6 heteroatoms. The van der Waals surface area contributed by atoms with Gasteiger partial charge in [0, 0.05) is 25.0 Å². The molecule has 5 nitrogen and oxygen atoms in total. The van der Waals surface area contributed by atoms with Crippen LogP contribution in [0.15, 0.2) is 41.4 Å². The molecule has 0 amide bonds. The van der Waals surface area contributed by atoms with Crippen LogP contribution < -0.4 is 10.0 Å². The second kappa shape index (κ2) is 6.21. The van der Waals surface area contributed by atoms with Gasteiger partial charge in [-0.25, -0.2) is 13.1 Å². The Bertz CT molecular complexity index is 677. The number of H-pyrrole nitrogens is 1. The fraction of sp³-hybridized carbons (Fsp3) is 0.286. The van der Waals surface area contributed by atoms with Gasteiger partial charge in [0.05, 0.1) is 4.90 Å². The maximum Gasteiger partial charge on any atom is 0.242 e. The van der Waals surface area contributed by atoms with Crippen LogP contribution in [0.2, 0.25) is 0 Å². The van der Waals surface area contributed by atoms with E-state index >= 15 is 0 Å². The van der Waals surface area contributed by atoms with Crippen LogP contribution in [0.1, 0.15) is 16.8 Å². The molecule has 0 unspecified atom stereocenters.